The van der Waals surface area contributed by atoms with E-state index in [1.54, 1.807) is 6.92 Å². The van der Waals surface area contributed by atoms with Crippen LogP contribution in [0.15, 0.2) is 28.6 Å². The topological polar surface area (TPSA) is 110 Å². The van der Waals surface area contributed by atoms with E-state index in [0.29, 0.717) is 9.47 Å². The molecule has 0 saturated carbocycles. The molecular formula is C13H15N5O2S2. The van der Waals surface area contributed by atoms with E-state index in [4.69, 9.17) is 5.73 Å². The summed E-state index contributed by atoms with van der Waals surface area (Å²) in [4.78, 5) is 22.2. The molecule has 0 saturated heterocycles. The number of benzene rings is 1. The van der Waals surface area contributed by atoms with Gasteiger partial charge >= 0.3 is 6.03 Å². The summed E-state index contributed by atoms with van der Waals surface area (Å²) in [6.07, 6.45) is 0. The zero-order valence-electron chi connectivity index (χ0n) is 12.0. The number of thioether (sulfide) groups is 1. The number of hydrogen-bond acceptors (Lipinski definition) is 7. The van der Waals surface area contributed by atoms with Crippen molar-refractivity contribution >= 4 is 45.9 Å². The van der Waals surface area contributed by atoms with Crippen LogP contribution in [0.25, 0.3) is 0 Å². The van der Waals surface area contributed by atoms with Gasteiger partial charge in [-0.2, -0.15) is 0 Å². The second kappa shape index (κ2) is 7.23. The Balaban J connectivity index is 1.96. The van der Waals surface area contributed by atoms with Crippen LogP contribution >= 0.6 is 23.1 Å². The molecule has 4 N–H and O–H groups in total. The average molecular weight is 337 g/mol. The van der Waals surface area contributed by atoms with Crippen LogP contribution in [0.4, 0.5) is 15.6 Å². The summed E-state index contributed by atoms with van der Waals surface area (Å²) in [5.41, 5.74) is 6.97. The monoisotopic (exact) mass is 337 g/mol. The number of aromatic nitrogens is 2. The fraction of sp³-hybridized carbons (Fsp3) is 0.231. The van der Waals surface area contributed by atoms with Crippen LogP contribution in [-0.4, -0.2) is 27.4 Å². The first-order valence-corrected chi connectivity index (χ1v) is 8.08. The van der Waals surface area contributed by atoms with Gasteiger partial charge in [0.2, 0.25) is 11.0 Å². The number of aryl methyl sites for hydroxylation is 1. The minimum absolute atomic E-state index is 0.458. The van der Waals surface area contributed by atoms with E-state index in [1.807, 2.05) is 36.5 Å². The number of anilines is 2. The van der Waals surface area contributed by atoms with Gasteiger partial charge in [-0.1, -0.05) is 35.2 Å². The second-order valence-corrected chi connectivity index (χ2v) is 7.05. The molecule has 9 heteroatoms. The van der Waals surface area contributed by atoms with Gasteiger partial charge in [0, 0.05) is 5.69 Å². The molecule has 3 amide bonds. The van der Waals surface area contributed by atoms with Gasteiger partial charge < -0.3 is 11.1 Å². The average Bonchev–Trinajstić information content (AvgIpc) is 2.85. The maximum absolute atomic E-state index is 11.6. The standard InChI is InChI=1S/C13H15N5O2S2/c1-7-4-3-5-9(6-7)15-12-17-18-13(22-12)21-8(2)10(19)16-11(14)20/h3-6,8H,1-2H3,(H,15,17)(H3,14,16,19,20)/t8-/m1/s1. The van der Waals surface area contributed by atoms with Gasteiger partial charge in [-0.05, 0) is 31.5 Å². The Morgan fingerprint density at radius 3 is 2.82 bits per heavy atom. The summed E-state index contributed by atoms with van der Waals surface area (Å²) >= 11 is 2.54. The van der Waals surface area contributed by atoms with Crippen molar-refractivity contribution in [2.45, 2.75) is 23.4 Å². The van der Waals surface area contributed by atoms with Crippen molar-refractivity contribution in [3.8, 4) is 0 Å². The summed E-state index contributed by atoms with van der Waals surface area (Å²) < 4.78 is 0.627. The quantitative estimate of drug-likeness (QED) is 0.722. The lowest BCUT2D eigenvalue weighted by Crippen LogP contribution is -2.39. The third-order valence-corrected chi connectivity index (χ3v) is 4.59. The predicted molar refractivity (Wildman–Crippen MR) is 87.4 cm³/mol. The smallest absolute Gasteiger partial charge is 0.318 e. The van der Waals surface area contributed by atoms with Crippen molar-refractivity contribution in [2.75, 3.05) is 5.32 Å². The maximum Gasteiger partial charge on any atom is 0.318 e. The summed E-state index contributed by atoms with van der Waals surface area (Å²) in [6, 6.07) is 7.02. The van der Waals surface area contributed by atoms with E-state index < -0.39 is 17.2 Å². The van der Waals surface area contributed by atoms with Crippen molar-refractivity contribution in [1.29, 1.82) is 0 Å². The number of imide groups is 1. The number of hydrogen-bond donors (Lipinski definition) is 3. The molecule has 0 bridgehead atoms. The molecule has 0 unspecified atom stereocenters. The minimum Gasteiger partial charge on any atom is -0.351 e. The number of amides is 3. The molecule has 1 atom stereocenters. The Kier molecular flexibility index (Phi) is 5.34. The highest BCUT2D eigenvalue weighted by Gasteiger charge is 2.18. The van der Waals surface area contributed by atoms with E-state index in [2.05, 4.69) is 15.5 Å². The number of carbonyl (C=O) groups excluding carboxylic acids is 2. The molecule has 0 aliphatic rings. The number of nitrogens with two attached hydrogens (primary N) is 1. The first-order valence-electron chi connectivity index (χ1n) is 6.38. The van der Waals surface area contributed by atoms with Crippen molar-refractivity contribution in [1.82, 2.24) is 15.5 Å². The SMILES string of the molecule is Cc1cccc(Nc2nnc(S[C@H](C)C(=O)NC(N)=O)s2)c1. The van der Waals surface area contributed by atoms with Gasteiger partial charge in [0.05, 0.1) is 5.25 Å². The molecule has 22 heavy (non-hydrogen) atoms. The lowest BCUT2D eigenvalue weighted by molar-refractivity contribution is -0.119. The molecular weight excluding hydrogens is 322 g/mol. The minimum atomic E-state index is -0.864. The van der Waals surface area contributed by atoms with E-state index in [-0.39, 0.29) is 0 Å². The van der Waals surface area contributed by atoms with Crippen molar-refractivity contribution in [2.24, 2.45) is 5.73 Å². The Hall–Kier alpha value is -2.13. The van der Waals surface area contributed by atoms with E-state index >= 15 is 0 Å². The largest absolute Gasteiger partial charge is 0.351 e. The van der Waals surface area contributed by atoms with Gasteiger partial charge in [0.25, 0.3) is 0 Å². The molecule has 1 heterocycles. The first kappa shape index (κ1) is 16.2. The summed E-state index contributed by atoms with van der Waals surface area (Å²) in [5, 5.41) is 13.4. The van der Waals surface area contributed by atoms with E-state index in [0.717, 1.165) is 11.3 Å². The molecule has 1 aromatic carbocycles. The van der Waals surface area contributed by atoms with Crippen LogP contribution in [0, 0.1) is 6.92 Å². The molecule has 0 fully saturated rings. The molecule has 2 rings (SSSR count). The van der Waals surface area contributed by atoms with Gasteiger partial charge in [-0.25, -0.2) is 4.79 Å². The highest BCUT2D eigenvalue weighted by atomic mass is 32.2. The fourth-order valence-corrected chi connectivity index (χ4v) is 3.50. The molecule has 1 aromatic heterocycles. The molecule has 7 nitrogen and oxygen atoms in total. The Bertz CT molecular complexity index is 689. The van der Waals surface area contributed by atoms with Gasteiger partial charge in [-0.15, -0.1) is 10.2 Å². The number of rotatable bonds is 5. The lowest BCUT2D eigenvalue weighted by atomic mass is 10.2. The van der Waals surface area contributed by atoms with Gasteiger partial charge in [0.1, 0.15) is 0 Å². The van der Waals surface area contributed by atoms with Crippen LogP contribution in [0.1, 0.15) is 12.5 Å². The molecule has 0 radical (unpaired) electrons. The van der Waals surface area contributed by atoms with Crippen molar-refractivity contribution in [3.05, 3.63) is 29.8 Å². The van der Waals surface area contributed by atoms with E-state index in [1.165, 1.54) is 23.1 Å². The summed E-state index contributed by atoms with van der Waals surface area (Å²) in [7, 11) is 0. The van der Waals surface area contributed by atoms with Gasteiger partial charge in [-0.3, -0.25) is 10.1 Å². The lowest BCUT2D eigenvalue weighted by Gasteiger charge is -2.06. The Morgan fingerprint density at radius 1 is 1.36 bits per heavy atom. The third kappa shape index (κ3) is 4.71. The first-order chi connectivity index (χ1) is 10.4. The molecule has 116 valence electrons. The summed E-state index contributed by atoms with van der Waals surface area (Å²) in [6.45, 7) is 3.67. The third-order valence-electron chi connectivity index (χ3n) is 2.57. The van der Waals surface area contributed by atoms with Crippen LogP contribution in [0.3, 0.4) is 0 Å². The van der Waals surface area contributed by atoms with E-state index in [9.17, 15) is 9.59 Å². The fourth-order valence-electron chi connectivity index (χ4n) is 1.58. The van der Waals surface area contributed by atoms with Crippen LogP contribution in [0.5, 0.6) is 0 Å². The number of primary amides is 1. The molecule has 0 aliphatic heterocycles. The van der Waals surface area contributed by atoms with Crippen molar-refractivity contribution in [3.63, 3.8) is 0 Å². The summed E-state index contributed by atoms with van der Waals surface area (Å²) in [5.74, 6) is -0.458. The second-order valence-electron chi connectivity index (χ2n) is 4.48. The van der Waals surface area contributed by atoms with Crippen LogP contribution in [0.2, 0.25) is 0 Å². The normalized spacial score (nSPS) is 11.7. The Labute approximate surface area is 135 Å². The van der Waals surface area contributed by atoms with Crippen LogP contribution in [-0.2, 0) is 4.79 Å². The van der Waals surface area contributed by atoms with Gasteiger partial charge in [0.15, 0.2) is 4.34 Å². The zero-order chi connectivity index (χ0) is 16.1. The highest BCUT2D eigenvalue weighted by molar-refractivity contribution is 8.02. The van der Waals surface area contributed by atoms with Crippen LogP contribution < -0.4 is 16.4 Å². The number of carbonyl (C=O) groups is 2. The van der Waals surface area contributed by atoms with Crippen molar-refractivity contribution < 1.29 is 9.59 Å². The number of urea groups is 1. The highest BCUT2D eigenvalue weighted by Crippen LogP contribution is 2.30. The number of nitrogens with zero attached hydrogens (tertiary/aromatic N) is 2. The Morgan fingerprint density at radius 2 is 2.14 bits per heavy atom. The maximum atomic E-state index is 11.6. The molecule has 2 aromatic rings. The predicted octanol–water partition coefficient (Wildman–Crippen LogP) is 2.27. The molecule has 0 aliphatic carbocycles. The molecule has 0 spiro atoms. The zero-order valence-corrected chi connectivity index (χ0v) is 13.6. The number of nitrogens with one attached hydrogen (secondary N) is 2.